The standard InChI is InChI=1S/C20H21N7/c1-13-5-4-6-14-9-15(19(25-16(13)14)26-7-2-3-8-26)10-27-12-24-17-18(21)22-11-23-20(17)27/h4-6,9,11-12H,2-3,7-8,10H2,1H3,(H2,21,22,23). The fourth-order valence-electron chi connectivity index (χ4n) is 3.90. The summed E-state index contributed by atoms with van der Waals surface area (Å²) >= 11 is 0. The van der Waals surface area contributed by atoms with Crippen LogP contribution in [0.4, 0.5) is 11.6 Å². The van der Waals surface area contributed by atoms with E-state index in [4.69, 9.17) is 10.7 Å². The van der Waals surface area contributed by atoms with Gasteiger partial charge in [-0.05, 0) is 31.4 Å². The maximum atomic E-state index is 5.94. The van der Waals surface area contributed by atoms with Gasteiger partial charge >= 0.3 is 0 Å². The van der Waals surface area contributed by atoms with Crippen molar-refractivity contribution in [1.82, 2.24) is 24.5 Å². The number of pyridine rings is 1. The van der Waals surface area contributed by atoms with E-state index in [1.807, 2.05) is 4.57 Å². The fraction of sp³-hybridized carbons (Fsp3) is 0.300. The highest BCUT2D eigenvalue weighted by Gasteiger charge is 2.20. The first-order valence-corrected chi connectivity index (χ1v) is 9.26. The van der Waals surface area contributed by atoms with Crippen molar-refractivity contribution >= 4 is 33.7 Å². The van der Waals surface area contributed by atoms with Crippen LogP contribution in [0, 0.1) is 6.92 Å². The number of nitrogen functional groups attached to an aromatic ring is 1. The molecule has 27 heavy (non-hydrogen) atoms. The number of fused-ring (bicyclic) bond motifs is 2. The highest BCUT2D eigenvalue weighted by atomic mass is 15.2. The minimum Gasteiger partial charge on any atom is -0.382 e. The van der Waals surface area contributed by atoms with Crippen LogP contribution in [0.15, 0.2) is 36.9 Å². The van der Waals surface area contributed by atoms with Gasteiger partial charge in [0.1, 0.15) is 17.7 Å². The molecule has 0 aliphatic carbocycles. The third-order valence-corrected chi connectivity index (χ3v) is 5.28. The molecular formula is C20H21N7. The molecule has 2 N–H and O–H groups in total. The highest BCUT2D eigenvalue weighted by molar-refractivity contribution is 5.85. The molecule has 1 fully saturated rings. The number of anilines is 2. The molecule has 4 heterocycles. The number of aryl methyl sites for hydroxylation is 1. The molecule has 0 saturated carbocycles. The quantitative estimate of drug-likeness (QED) is 0.605. The lowest BCUT2D eigenvalue weighted by Crippen LogP contribution is -2.21. The zero-order valence-electron chi connectivity index (χ0n) is 15.3. The number of rotatable bonds is 3. The Balaban J connectivity index is 1.66. The summed E-state index contributed by atoms with van der Waals surface area (Å²) in [7, 11) is 0. The molecule has 0 unspecified atom stereocenters. The Morgan fingerprint density at radius 2 is 1.93 bits per heavy atom. The number of para-hydroxylation sites is 1. The van der Waals surface area contributed by atoms with Gasteiger partial charge in [-0.2, -0.15) is 0 Å². The van der Waals surface area contributed by atoms with Crippen molar-refractivity contribution in [2.24, 2.45) is 0 Å². The van der Waals surface area contributed by atoms with E-state index in [9.17, 15) is 0 Å². The van der Waals surface area contributed by atoms with Crippen molar-refractivity contribution in [2.45, 2.75) is 26.3 Å². The third kappa shape index (κ3) is 2.66. The molecule has 7 nitrogen and oxygen atoms in total. The molecule has 0 spiro atoms. The summed E-state index contributed by atoms with van der Waals surface area (Å²) in [5.41, 5.74) is 10.8. The molecule has 5 rings (SSSR count). The van der Waals surface area contributed by atoms with Gasteiger partial charge in [0.15, 0.2) is 11.5 Å². The van der Waals surface area contributed by atoms with Crippen molar-refractivity contribution in [2.75, 3.05) is 23.7 Å². The van der Waals surface area contributed by atoms with E-state index < -0.39 is 0 Å². The molecule has 1 saturated heterocycles. The first-order valence-electron chi connectivity index (χ1n) is 9.26. The topological polar surface area (TPSA) is 85.8 Å². The van der Waals surface area contributed by atoms with Crippen LogP contribution in [0.5, 0.6) is 0 Å². The van der Waals surface area contributed by atoms with Crippen molar-refractivity contribution in [3.63, 3.8) is 0 Å². The Kier molecular flexibility index (Phi) is 3.67. The molecule has 0 amide bonds. The largest absolute Gasteiger partial charge is 0.382 e. The van der Waals surface area contributed by atoms with E-state index >= 15 is 0 Å². The van der Waals surface area contributed by atoms with E-state index in [-0.39, 0.29) is 0 Å². The molecule has 0 radical (unpaired) electrons. The molecule has 136 valence electrons. The van der Waals surface area contributed by atoms with Crippen molar-refractivity contribution < 1.29 is 0 Å². The number of nitrogens with two attached hydrogens (primary N) is 1. The van der Waals surface area contributed by atoms with Crippen LogP contribution in [-0.4, -0.2) is 37.6 Å². The fourth-order valence-corrected chi connectivity index (χ4v) is 3.90. The summed E-state index contributed by atoms with van der Waals surface area (Å²) < 4.78 is 2.02. The Bertz CT molecular complexity index is 1140. The van der Waals surface area contributed by atoms with E-state index in [1.54, 1.807) is 6.33 Å². The molecule has 1 aliphatic rings. The summed E-state index contributed by atoms with van der Waals surface area (Å²) in [5.74, 6) is 1.48. The number of hydrogen-bond acceptors (Lipinski definition) is 6. The number of hydrogen-bond donors (Lipinski definition) is 1. The highest BCUT2D eigenvalue weighted by Crippen LogP contribution is 2.29. The average Bonchev–Trinajstić information content (AvgIpc) is 3.33. The van der Waals surface area contributed by atoms with Crippen LogP contribution in [0.25, 0.3) is 22.1 Å². The average molecular weight is 359 g/mol. The first kappa shape index (κ1) is 16.0. The molecule has 4 aromatic rings. The summed E-state index contributed by atoms with van der Waals surface area (Å²) in [5, 5.41) is 1.16. The van der Waals surface area contributed by atoms with Gasteiger partial charge in [0, 0.05) is 24.0 Å². The minimum atomic E-state index is 0.408. The van der Waals surface area contributed by atoms with Crippen molar-refractivity contribution in [3.8, 4) is 0 Å². The second-order valence-electron chi connectivity index (χ2n) is 7.12. The van der Waals surface area contributed by atoms with Gasteiger partial charge in [0.05, 0.1) is 18.4 Å². The van der Waals surface area contributed by atoms with Gasteiger partial charge in [0.2, 0.25) is 0 Å². The second kappa shape index (κ2) is 6.19. The van der Waals surface area contributed by atoms with Gasteiger partial charge in [-0.15, -0.1) is 0 Å². The van der Waals surface area contributed by atoms with Gasteiger partial charge in [-0.1, -0.05) is 18.2 Å². The monoisotopic (exact) mass is 359 g/mol. The first-order chi connectivity index (χ1) is 13.2. The SMILES string of the molecule is Cc1cccc2cc(Cn3cnc4c(N)ncnc43)c(N3CCCC3)nc12. The lowest BCUT2D eigenvalue weighted by molar-refractivity contribution is 0.799. The maximum absolute atomic E-state index is 5.94. The number of aromatic nitrogens is 5. The Morgan fingerprint density at radius 1 is 1.07 bits per heavy atom. The van der Waals surface area contributed by atoms with E-state index in [0.717, 1.165) is 35.5 Å². The van der Waals surface area contributed by atoms with Crippen molar-refractivity contribution in [1.29, 1.82) is 0 Å². The molecule has 0 atom stereocenters. The summed E-state index contributed by atoms with van der Waals surface area (Å²) in [6.07, 6.45) is 5.69. The Labute approximate surface area is 156 Å². The van der Waals surface area contributed by atoms with E-state index in [0.29, 0.717) is 17.9 Å². The molecule has 0 bridgehead atoms. The molecule has 1 aromatic carbocycles. The lowest BCUT2D eigenvalue weighted by Gasteiger charge is -2.21. The van der Waals surface area contributed by atoms with Crippen LogP contribution in [-0.2, 0) is 6.54 Å². The van der Waals surface area contributed by atoms with Gasteiger partial charge < -0.3 is 15.2 Å². The van der Waals surface area contributed by atoms with Gasteiger partial charge in [-0.3, -0.25) is 0 Å². The normalized spacial score (nSPS) is 14.5. The Morgan fingerprint density at radius 3 is 2.78 bits per heavy atom. The maximum Gasteiger partial charge on any atom is 0.165 e. The van der Waals surface area contributed by atoms with Crippen LogP contribution >= 0.6 is 0 Å². The smallest absolute Gasteiger partial charge is 0.165 e. The number of benzene rings is 1. The lowest BCUT2D eigenvalue weighted by atomic mass is 10.1. The molecule has 7 heteroatoms. The van der Waals surface area contributed by atoms with Crippen LogP contribution in [0.1, 0.15) is 24.0 Å². The van der Waals surface area contributed by atoms with Gasteiger partial charge in [-0.25, -0.2) is 19.9 Å². The van der Waals surface area contributed by atoms with Crippen LogP contribution in [0.3, 0.4) is 0 Å². The summed E-state index contributed by atoms with van der Waals surface area (Å²) in [6, 6.07) is 8.57. The van der Waals surface area contributed by atoms with Crippen LogP contribution in [0.2, 0.25) is 0 Å². The molecule has 1 aliphatic heterocycles. The number of nitrogens with zero attached hydrogens (tertiary/aromatic N) is 6. The third-order valence-electron chi connectivity index (χ3n) is 5.28. The predicted octanol–water partition coefficient (Wildman–Crippen LogP) is 2.91. The summed E-state index contributed by atoms with van der Waals surface area (Å²) in [4.78, 5) is 20.3. The number of imidazole rings is 1. The van der Waals surface area contributed by atoms with Crippen LogP contribution < -0.4 is 10.6 Å². The molecular weight excluding hydrogens is 338 g/mol. The van der Waals surface area contributed by atoms with Gasteiger partial charge in [0.25, 0.3) is 0 Å². The minimum absolute atomic E-state index is 0.408. The van der Waals surface area contributed by atoms with E-state index in [1.165, 1.54) is 30.3 Å². The predicted molar refractivity (Wildman–Crippen MR) is 107 cm³/mol. The van der Waals surface area contributed by atoms with Crippen molar-refractivity contribution in [3.05, 3.63) is 48.0 Å². The zero-order valence-corrected chi connectivity index (χ0v) is 15.3. The molecule has 3 aromatic heterocycles. The second-order valence-corrected chi connectivity index (χ2v) is 7.12. The van der Waals surface area contributed by atoms with E-state index in [2.05, 4.69) is 51.0 Å². The Hall–Kier alpha value is -3.22. The zero-order chi connectivity index (χ0) is 18.4. The summed E-state index contributed by atoms with van der Waals surface area (Å²) in [6.45, 7) is 4.87.